The molecule has 1 saturated heterocycles. The first-order valence-corrected chi connectivity index (χ1v) is 9.12. The summed E-state index contributed by atoms with van der Waals surface area (Å²) in [6.07, 6.45) is 6.53. The number of benzene rings is 1. The zero-order chi connectivity index (χ0) is 15.6. The predicted molar refractivity (Wildman–Crippen MR) is 110 cm³/mol. The van der Waals surface area contributed by atoms with E-state index in [9.17, 15) is 0 Å². The van der Waals surface area contributed by atoms with Gasteiger partial charge in [-0.05, 0) is 37.7 Å². The van der Waals surface area contributed by atoms with Crippen LogP contribution in [0.3, 0.4) is 0 Å². The molecule has 24 heavy (non-hydrogen) atoms. The van der Waals surface area contributed by atoms with Crippen LogP contribution in [0, 0.1) is 0 Å². The highest BCUT2D eigenvalue weighted by atomic mass is 127. The van der Waals surface area contributed by atoms with Crippen molar-refractivity contribution in [1.29, 1.82) is 0 Å². The summed E-state index contributed by atoms with van der Waals surface area (Å²) in [4.78, 5) is 7.11. The third kappa shape index (κ3) is 4.42. The Kier molecular flexibility index (Phi) is 6.02. The molecule has 0 amide bonds. The molecule has 2 saturated carbocycles. The number of nitrogens with one attached hydrogen (secondary N) is 2. The molecule has 1 aromatic carbocycles. The molecule has 3 fully saturated rings. The summed E-state index contributed by atoms with van der Waals surface area (Å²) >= 11 is 0. The number of hydrogen-bond donors (Lipinski definition) is 2. The molecule has 1 aliphatic heterocycles. The van der Waals surface area contributed by atoms with Crippen molar-refractivity contribution in [3.05, 3.63) is 35.9 Å². The van der Waals surface area contributed by atoms with E-state index in [0.29, 0.717) is 18.0 Å². The highest BCUT2D eigenvalue weighted by Gasteiger charge is 2.39. The van der Waals surface area contributed by atoms with Crippen molar-refractivity contribution >= 4 is 29.9 Å². The van der Waals surface area contributed by atoms with E-state index in [1.54, 1.807) is 0 Å². The molecular weight excluding hydrogens is 411 g/mol. The highest BCUT2D eigenvalue weighted by Crippen LogP contribution is 2.40. The summed E-state index contributed by atoms with van der Waals surface area (Å²) in [6, 6.07) is 12.8. The lowest BCUT2D eigenvalue weighted by Crippen LogP contribution is -2.49. The van der Waals surface area contributed by atoms with Gasteiger partial charge in [-0.3, -0.25) is 4.99 Å². The van der Waals surface area contributed by atoms with Crippen LogP contribution in [-0.4, -0.2) is 49.1 Å². The van der Waals surface area contributed by atoms with Crippen LogP contribution in [0.5, 0.6) is 0 Å². The minimum absolute atomic E-state index is 0. The van der Waals surface area contributed by atoms with Gasteiger partial charge in [0.05, 0.1) is 0 Å². The van der Waals surface area contributed by atoms with Crippen LogP contribution in [0.25, 0.3) is 0 Å². The molecule has 0 aromatic heterocycles. The molecule has 0 spiro atoms. The van der Waals surface area contributed by atoms with E-state index >= 15 is 0 Å². The molecule has 1 aromatic rings. The number of aliphatic imine (C=N–C) groups is 1. The van der Waals surface area contributed by atoms with Gasteiger partial charge in [0, 0.05) is 44.2 Å². The van der Waals surface area contributed by atoms with Crippen LogP contribution in [0.4, 0.5) is 0 Å². The third-order valence-electron chi connectivity index (χ3n) is 5.50. The molecule has 2 atom stereocenters. The average Bonchev–Trinajstić information content (AvgIpc) is 3.50. The van der Waals surface area contributed by atoms with E-state index in [1.165, 1.54) is 50.8 Å². The normalized spacial score (nSPS) is 28.1. The molecule has 132 valence electrons. The maximum Gasteiger partial charge on any atom is 0.191 e. The number of halogens is 1. The largest absolute Gasteiger partial charge is 0.354 e. The standard InChI is InChI=1S/C19H28N4.HI/c1-20-19(21-15-9-11-23(12-10-15)16-7-8-16)22-18-13-17(18)14-5-3-2-4-6-14;/h2-6,15-18H,7-13H2,1H3,(H2,20,21,22);1H. The molecule has 2 N–H and O–H groups in total. The Morgan fingerprint density at radius 1 is 1.04 bits per heavy atom. The molecule has 4 rings (SSSR count). The number of piperidine rings is 1. The summed E-state index contributed by atoms with van der Waals surface area (Å²) in [5, 5.41) is 7.25. The molecule has 1 heterocycles. The maximum atomic E-state index is 4.44. The van der Waals surface area contributed by atoms with Gasteiger partial charge in [-0.1, -0.05) is 30.3 Å². The Morgan fingerprint density at radius 3 is 2.38 bits per heavy atom. The Morgan fingerprint density at radius 2 is 1.75 bits per heavy atom. The van der Waals surface area contributed by atoms with Gasteiger partial charge in [0.2, 0.25) is 0 Å². The number of hydrogen-bond acceptors (Lipinski definition) is 2. The minimum atomic E-state index is 0. The van der Waals surface area contributed by atoms with Crippen molar-refractivity contribution < 1.29 is 0 Å². The number of likely N-dealkylation sites (tertiary alicyclic amines) is 1. The Hall–Kier alpha value is -0.820. The van der Waals surface area contributed by atoms with E-state index in [2.05, 4.69) is 50.9 Å². The van der Waals surface area contributed by atoms with E-state index in [0.717, 1.165) is 12.0 Å². The molecule has 2 aliphatic carbocycles. The van der Waals surface area contributed by atoms with Crippen LogP contribution in [0.15, 0.2) is 35.3 Å². The fraction of sp³-hybridized carbons (Fsp3) is 0.632. The smallest absolute Gasteiger partial charge is 0.191 e. The van der Waals surface area contributed by atoms with Gasteiger partial charge in [-0.15, -0.1) is 24.0 Å². The van der Waals surface area contributed by atoms with Crippen molar-refractivity contribution in [1.82, 2.24) is 15.5 Å². The molecule has 4 nitrogen and oxygen atoms in total. The van der Waals surface area contributed by atoms with Gasteiger partial charge in [0.15, 0.2) is 5.96 Å². The van der Waals surface area contributed by atoms with E-state index in [-0.39, 0.29) is 24.0 Å². The van der Waals surface area contributed by atoms with Gasteiger partial charge in [0.25, 0.3) is 0 Å². The topological polar surface area (TPSA) is 39.7 Å². The van der Waals surface area contributed by atoms with Crippen LogP contribution in [0.2, 0.25) is 0 Å². The predicted octanol–water partition coefficient (Wildman–Crippen LogP) is 2.95. The maximum absolute atomic E-state index is 4.44. The molecular formula is C19H29IN4. The molecule has 3 aliphatic rings. The molecule has 0 bridgehead atoms. The molecule has 2 unspecified atom stereocenters. The van der Waals surface area contributed by atoms with Crippen molar-refractivity contribution in [3.8, 4) is 0 Å². The number of guanidine groups is 1. The lowest BCUT2D eigenvalue weighted by atomic mass is 10.1. The van der Waals surface area contributed by atoms with Crippen LogP contribution in [0.1, 0.15) is 43.6 Å². The number of nitrogens with zero attached hydrogens (tertiary/aromatic N) is 2. The summed E-state index contributed by atoms with van der Waals surface area (Å²) in [6.45, 7) is 2.49. The molecule has 5 heteroatoms. The minimum Gasteiger partial charge on any atom is -0.354 e. The van der Waals surface area contributed by atoms with Gasteiger partial charge >= 0.3 is 0 Å². The lowest BCUT2D eigenvalue weighted by Gasteiger charge is -2.33. The second-order valence-corrected chi connectivity index (χ2v) is 7.26. The number of rotatable bonds is 4. The van der Waals surface area contributed by atoms with Crippen molar-refractivity contribution in [3.63, 3.8) is 0 Å². The summed E-state index contributed by atoms with van der Waals surface area (Å²) in [5.74, 6) is 1.63. The summed E-state index contributed by atoms with van der Waals surface area (Å²) in [5.41, 5.74) is 1.44. The summed E-state index contributed by atoms with van der Waals surface area (Å²) in [7, 11) is 1.88. The van der Waals surface area contributed by atoms with E-state index < -0.39 is 0 Å². The Balaban J connectivity index is 0.00000169. The van der Waals surface area contributed by atoms with Gasteiger partial charge < -0.3 is 15.5 Å². The second kappa shape index (κ2) is 8.04. The zero-order valence-corrected chi connectivity index (χ0v) is 16.8. The van der Waals surface area contributed by atoms with E-state index in [1.807, 2.05) is 7.05 Å². The van der Waals surface area contributed by atoms with Crippen LogP contribution < -0.4 is 10.6 Å². The summed E-state index contributed by atoms with van der Waals surface area (Å²) < 4.78 is 0. The van der Waals surface area contributed by atoms with Gasteiger partial charge in [-0.2, -0.15) is 0 Å². The third-order valence-corrected chi connectivity index (χ3v) is 5.50. The quantitative estimate of drug-likeness (QED) is 0.430. The van der Waals surface area contributed by atoms with Crippen molar-refractivity contribution in [2.45, 2.75) is 56.1 Å². The first-order chi connectivity index (χ1) is 11.3. The van der Waals surface area contributed by atoms with Gasteiger partial charge in [-0.25, -0.2) is 0 Å². The van der Waals surface area contributed by atoms with Crippen LogP contribution >= 0.6 is 24.0 Å². The average molecular weight is 440 g/mol. The highest BCUT2D eigenvalue weighted by molar-refractivity contribution is 14.0. The fourth-order valence-electron chi connectivity index (χ4n) is 3.81. The fourth-order valence-corrected chi connectivity index (χ4v) is 3.81. The molecule has 0 radical (unpaired) electrons. The Bertz CT molecular complexity index is 550. The van der Waals surface area contributed by atoms with E-state index in [4.69, 9.17) is 0 Å². The lowest BCUT2D eigenvalue weighted by molar-refractivity contribution is 0.197. The Labute approximate surface area is 162 Å². The second-order valence-electron chi connectivity index (χ2n) is 7.26. The SMILES string of the molecule is CN=C(NC1CCN(C2CC2)CC1)NC1CC1c1ccccc1.I. The van der Waals surface area contributed by atoms with Crippen molar-refractivity contribution in [2.75, 3.05) is 20.1 Å². The van der Waals surface area contributed by atoms with Crippen molar-refractivity contribution in [2.24, 2.45) is 4.99 Å². The first-order valence-electron chi connectivity index (χ1n) is 9.12. The zero-order valence-electron chi connectivity index (χ0n) is 14.4. The van der Waals surface area contributed by atoms with Crippen LogP contribution in [-0.2, 0) is 0 Å². The monoisotopic (exact) mass is 440 g/mol. The first kappa shape index (κ1) is 18.0. The van der Waals surface area contributed by atoms with Gasteiger partial charge in [0.1, 0.15) is 0 Å².